The maximum Gasteiger partial charge on any atom is 0.252 e. The third kappa shape index (κ3) is 7.35. The summed E-state index contributed by atoms with van der Waals surface area (Å²) in [5.41, 5.74) is 6.06. The van der Waals surface area contributed by atoms with E-state index in [0.29, 0.717) is 47.1 Å². The lowest BCUT2D eigenvalue weighted by molar-refractivity contribution is -0.128. The van der Waals surface area contributed by atoms with Crippen molar-refractivity contribution in [1.29, 1.82) is 0 Å². The van der Waals surface area contributed by atoms with E-state index in [4.69, 9.17) is 49.3 Å². The first kappa shape index (κ1) is 33.6. The lowest BCUT2D eigenvalue weighted by Crippen LogP contribution is -2.60. The predicted molar refractivity (Wildman–Crippen MR) is 192 cm³/mol. The van der Waals surface area contributed by atoms with Gasteiger partial charge in [0.1, 0.15) is 11.9 Å². The molecule has 3 fully saturated rings. The van der Waals surface area contributed by atoms with Gasteiger partial charge in [0.2, 0.25) is 0 Å². The van der Waals surface area contributed by atoms with Crippen LogP contribution < -0.4 is 20.3 Å². The Bertz CT molecular complexity index is 1670. The van der Waals surface area contributed by atoms with E-state index in [0.717, 1.165) is 84.4 Å². The van der Waals surface area contributed by atoms with Crippen LogP contribution in [0.2, 0.25) is 15.1 Å². The van der Waals surface area contributed by atoms with Crippen LogP contribution in [0.3, 0.4) is 0 Å². The topological polar surface area (TPSA) is 79.0 Å². The van der Waals surface area contributed by atoms with E-state index in [1.165, 1.54) is 0 Å². The highest BCUT2D eigenvalue weighted by atomic mass is 35.5. The van der Waals surface area contributed by atoms with Crippen LogP contribution >= 0.6 is 34.8 Å². The normalized spacial score (nSPS) is 22.3. The number of benzene rings is 2. The van der Waals surface area contributed by atoms with Crippen molar-refractivity contribution in [3.63, 3.8) is 0 Å². The zero-order valence-corrected chi connectivity index (χ0v) is 29.7. The van der Waals surface area contributed by atoms with Crippen LogP contribution in [0, 0.1) is 6.92 Å². The molecule has 0 unspecified atom stereocenters. The maximum atomic E-state index is 14.6. The summed E-state index contributed by atoms with van der Waals surface area (Å²) in [4.78, 5) is 23.8. The number of nitrogens with zero attached hydrogens (tertiary/aromatic N) is 3. The highest BCUT2D eigenvalue weighted by molar-refractivity contribution is 6.37. The number of hydrogen-bond acceptors (Lipinski definition) is 7. The van der Waals surface area contributed by atoms with Gasteiger partial charge < -0.3 is 29.9 Å². The zero-order chi connectivity index (χ0) is 33.4. The summed E-state index contributed by atoms with van der Waals surface area (Å²) in [6.07, 6.45) is 6.30. The lowest BCUT2D eigenvalue weighted by Gasteiger charge is -2.41. The number of amides is 1. The second-order valence-corrected chi connectivity index (χ2v) is 14.7. The number of rotatable bonds is 11. The van der Waals surface area contributed by atoms with Crippen LogP contribution in [0.15, 0.2) is 54.2 Å². The van der Waals surface area contributed by atoms with Gasteiger partial charge >= 0.3 is 0 Å². The highest BCUT2D eigenvalue weighted by Gasteiger charge is 2.41. The van der Waals surface area contributed by atoms with Gasteiger partial charge in [0.05, 0.1) is 29.2 Å². The van der Waals surface area contributed by atoms with E-state index in [-0.39, 0.29) is 30.1 Å². The molecule has 1 amide bonds. The fraction of sp³-hybridized carbons (Fsp3) is 0.459. The lowest BCUT2D eigenvalue weighted by atomic mass is 9.84. The van der Waals surface area contributed by atoms with Gasteiger partial charge in [-0.3, -0.25) is 4.79 Å². The van der Waals surface area contributed by atoms with Crippen molar-refractivity contribution >= 4 is 52.1 Å². The third-order valence-corrected chi connectivity index (χ3v) is 10.7. The second-order valence-electron chi connectivity index (χ2n) is 13.4. The third-order valence-electron chi connectivity index (χ3n) is 9.82. The summed E-state index contributed by atoms with van der Waals surface area (Å²) in [5.74, 6) is 1.51. The smallest absolute Gasteiger partial charge is 0.252 e. The van der Waals surface area contributed by atoms with Crippen LogP contribution in [-0.2, 0) is 22.5 Å². The molecule has 2 aromatic carbocycles. The molecule has 1 saturated carbocycles. The Balaban J connectivity index is 1.12. The van der Waals surface area contributed by atoms with Gasteiger partial charge in [-0.05, 0) is 90.8 Å². The molecule has 2 saturated heterocycles. The zero-order valence-electron chi connectivity index (χ0n) is 27.4. The van der Waals surface area contributed by atoms with Gasteiger partial charge in [0.25, 0.3) is 5.91 Å². The van der Waals surface area contributed by atoms with Gasteiger partial charge in [-0.2, -0.15) is 0 Å². The maximum absolute atomic E-state index is 14.6. The SMILES string of the molecule is COCCc1ccc(Cl)c(CN(C(=O)C2=C(c3ccc(N4CC[C@@H](Oc5c(Cl)cc(C)cc5Cl)C4)nc3)C[C@H]3CNC[C@@H]2N3)C2CC2)c1. The number of anilines is 1. The van der Waals surface area contributed by atoms with Gasteiger partial charge in [-0.1, -0.05) is 46.9 Å². The minimum Gasteiger partial charge on any atom is -0.485 e. The number of ether oxygens (including phenoxy) is 2. The number of methoxy groups -OCH3 is 1. The Morgan fingerprint density at radius 2 is 1.85 bits per heavy atom. The average molecular weight is 711 g/mol. The summed E-state index contributed by atoms with van der Waals surface area (Å²) >= 11 is 19.6. The van der Waals surface area contributed by atoms with Crippen molar-refractivity contribution in [2.24, 2.45) is 0 Å². The standard InChI is InChI=1S/C37H42Cl3N5O3/c1-22-13-31(39)36(32(40)14-22)48-28-9-11-44(21-28)34-8-4-24(17-42-34)29-16-26-18-41-19-33(43-26)35(29)37(46)45(27-5-6-27)20-25-15-23(10-12-47-2)3-7-30(25)38/h3-4,7-8,13-15,17,26-28,33,41,43H,5-6,9-12,16,18-21H2,1-2H3/t26-,28+,33-/m0/s1. The molecule has 11 heteroatoms. The van der Waals surface area contributed by atoms with E-state index >= 15 is 0 Å². The summed E-state index contributed by atoms with van der Waals surface area (Å²) < 4.78 is 11.5. The average Bonchev–Trinajstić information content (AvgIpc) is 3.81. The molecule has 48 heavy (non-hydrogen) atoms. The van der Waals surface area contributed by atoms with Crippen LogP contribution in [0.5, 0.6) is 5.75 Å². The van der Waals surface area contributed by atoms with E-state index < -0.39 is 0 Å². The first-order valence-electron chi connectivity index (χ1n) is 16.9. The molecule has 8 nitrogen and oxygen atoms in total. The molecule has 7 rings (SSSR count). The summed E-state index contributed by atoms with van der Waals surface area (Å²) in [6, 6.07) is 14.4. The minimum atomic E-state index is -0.0682. The molecule has 4 aliphatic rings. The monoisotopic (exact) mass is 709 g/mol. The quantitative estimate of drug-likeness (QED) is 0.236. The Morgan fingerprint density at radius 1 is 1.04 bits per heavy atom. The van der Waals surface area contributed by atoms with E-state index in [9.17, 15) is 4.79 Å². The van der Waals surface area contributed by atoms with Crippen molar-refractivity contribution in [1.82, 2.24) is 20.5 Å². The molecule has 2 bridgehead atoms. The number of piperazine rings is 1. The van der Waals surface area contributed by atoms with Gasteiger partial charge in [-0.25, -0.2) is 4.98 Å². The van der Waals surface area contributed by atoms with Gasteiger partial charge in [-0.15, -0.1) is 0 Å². The molecule has 4 heterocycles. The number of fused-ring (bicyclic) bond motifs is 2. The van der Waals surface area contributed by atoms with Crippen LogP contribution in [-0.4, -0.2) is 79.9 Å². The first-order valence-corrected chi connectivity index (χ1v) is 18.0. The fourth-order valence-corrected chi connectivity index (χ4v) is 8.07. The number of halogens is 3. The Hall–Kier alpha value is -2.85. The number of hydrogen-bond donors (Lipinski definition) is 2. The largest absolute Gasteiger partial charge is 0.485 e. The van der Waals surface area contributed by atoms with Crippen molar-refractivity contribution in [3.8, 4) is 5.75 Å². The molecule has 0 spiro atoms. The first-order chi connectivity index (χ1) is 23.3. The van der Waals surface area contributed by atoms with Crippen molar-refractivity contribution in [2.45, 2.75) is 69.8 Å². The molecular weight excluding hydrogens is 669 g/mol. The minimum absolute atomic E-state index is 0.0463. The number of nitrogens with one attached hydrogen (secondary N) is 2. The molecule has 3 aliphatic heterocycles. The Kier molecular flexibility index (Phi) is 10.2. The summed E-state index contributed by atoms with van der Waals surface area (Å²) in [7, 11) is 1.71. The van der Waals surface area contributed by atoms with E-state index in [1.54, 1.807) is 7.11 Å². The highest BCUT2D eigenvalue weighted by Crippen LogP contribution is 2.38. The molecule has 1 aliphatic carbocycles. The summed E-state index contributed by atoms with van der Waals surface area (Å²) in [6.45, 7) is 6.16. The van der Waals surface area contributed by atoms with Crippen LogP contribution in [0.25, 0.3) is 5.57 Å². The Labute approximate surface area is 297 Å². The van der Waals surface area contributed by atoms with Crippen molar-refractivity contribution in [3.05, 3.63) is 91.6 Å². The molecule has 1 aromatic heterocycles. The molecular formula is C37H42Cl3N5O3. The van der Waals surface area contributed by atoms with Crippen LogP contribution in [0.4, 0.5) is 5.82 Å². The van der Waals surface area contributed by atoms with E-state index in [2.05, 4.69) is 33.7 Å². The molecule has 2 N–H and O–H groups in total. The van der Waals surface area contributed by atoms with Crippen molar-refractivity contribution in [2.75, 3.05) is 44.8 Å². The Morgan fingerprint density at radius 3 is 2.58 bits per heavy atom. The fourth-order valence-electron chi connectivity index (χ4n) is 7.20. The summed E-state index contributed by atoms with van der Waals surface area (Å²) in [5, 5.41) is 9.01. The number of pyridine rings is 1. The van der Waals surface area contributed by atoms with Crippen molar-refractivity contribution < 1.29 is 14.3 Å². The molecule has 254 valence electrons. The van der Waals surface area contributed by atoms with E-state index in [1.807, 2.05) is 42.3 Å². The van der Waals surface area contributed by atoms with Gasteiger partial charge in [0.15, 0.2) is 5.75 Å². The van der Waals surface area contributed by atoms with Gasteiger partial charge in [0, 0.05) is 68.6 Å². The number of carbonyl (C=O) groups excluding carboxylic acids is 1. The number of carbonyl (C=O) groups is 1. The second kappa shape index (κ2) is 14.6. The molecule has 3 atom stereocenters. The number of aromatic nitrogens is 1. The van der Waals surface area contributed by atoms with Crippen LogP contribution in [0.1, 0.15) is 47.9 Å². The number of aryl methyl sites for hydroxylation is 1. The predicted octanol–water partition coefficient (Wildman–Crippen LogP) is 6.48. The molecule has 3 aromatic rings. The molecule has 0 radical (unpaired) electrons.